The molecule has 10 heteroatoms. The van der Waals surface area contributed by atoms with Gasteiger partial charge in [-0.3, -0.25) is 14.1 Å². The largest absolute Gasteiger partial charge is 0.286 e. The van der Waals surface area contributed by atoms with Crippen LogP contribution in [0.2, 0.25) is 5.02 Å². The smallest absolute Gasteiger partial charge is 0.264 e. The summed E-state index contributed by atoms with van der Waals surface area (Å²) in [4.78, 5) is 6.09. The second-order valence-corrected chi connectivity index (χ2v) is 10.2. The van der Waals surface area contributed by atoms with E-state index in [4.69, 9.17) is 16.6 Å². The van der Waals surface area contributed by atoms with Crippen LogP contribution in [0, 0.1) is 20.8 Å². The van der Waals surface area contributed by atoms with Crippen molar-refractivity contribution in [2.75, 3.05) is 5.75 Å². The highest BCUT2D eigenvalue weighted by Crippen LogP contribution is 2.39. The molecule has 7 nitrogen and oxygen atoms in total. The first-order valence-electron chi connectivity index (χ1n) is 8.97. The zero-order valence-corrected chi connectivity index (χ0v) is 18.4. The zero-order valence-electron chi connectivity index (χ0n) is 16.0. The predicted octanol–water partition coefficient (Wildman–Crippen LogP) is 4.08. The van der Waals surface area contributed by atoms with Crippen molar-refractivity contribution in [3.63, 3.8) is 0 Å². The van der Waals surface area contributed by atoms with Crippen molar-refractivity contribution >= 4 is 38.8 Å². The molecule has 1 aliphatic rings. The molecule has 0 unspecified atom stereocenters. The van der Waals surface area contributed by atoms with Gasteiger partial charge in [-0.15, -0.1) is 21.5 Å². The van der Waals surface area contributed by atoms with Crippen molar-refractivity contribution in [1.82, 2.24) is 14.8 Å². The van der Waals surface area contributed by atoms with Crippen LogP contribution in [0.1, 0.15) is 45.7 Å². The Hall–Kier alpha value is -2.07. The van der Waals surface area contributed by atoms with Crippen molar-refractivity contribution in [2.45, 2.75) is 33.2 Å². The van der Waals surface area contributed by atoms with Gasteiger partial charge in [-0.05, 0) is 44.9 Å². The molecule has 3 heterocycles. The highest BCUT2D eigenvalue weighted by molar-refractivity contribution is 7.85. The summed E-state index contributed by atoms with van der Waals surface area (Å²) in [6, 6.07) is 6.84. The van der Waals surface area contributed by atoms with Crippen LogP contribution < -0.4 is 0 Å². The lowest BCUT2D eigenvalue weighted by atomic mass is 10.00. The molecule has 0 amide bonds. The predicted molar refractivity (Wildman–Crippen MR) is 114 cm³/mol. The minimum Gasteiger partial charge on any atom is -0.286 e. The summed E-state index contributed by atoms with van der Waals surface area (Å²) >= 11 is 7.70. The Morgan fingerprint density at radius 3 is 2.52 bits per heavy atom. The fraction of sp³-hybridized carbons (Fsp3) is 0.316. The summed E-state index contributed by atoms with van der Waals surface area (Å²) in [5.41, 5.74) is 3.72. The number of hydrogen-bond acceptors (Lipinski definition) is 6. The molecule has 0 radical (unpaired) electrons. The molecule has 0 saturated carbocycles. The van der Waals surface area contributed by atoms with E-state index in [1.54, 1.807) is 23.5 Å². The zero-order chi connectivity index (χ0) is 20.9. The topological polar surface area (TPSA) is 97.4 Å². The number of fused-ring (bicyclic) bond motifs is 3. The third-order valence-corrected chi connectivity index (χ3v) is 7.20. The van der Waals surface area contributed by atoms with Gasteiger partial charge < -0.3 is 0 Å². The Kier molecular flexibility index (Phi) is 5.10. The molecule has 1 aromatic carbocycles. The van der Waals surface area contributed by atoms with Crippen molar-refractivity contribution in [3.05, 3.63) is 62.5 Å². The molecular formula is C19H19ClN4O3S2. The Labute approximate surface area is 177 Å². The fourth-order valence-corrected chi connectivity index (χ4v) is 5.31. The summed E-state index contributed by atoms with van der Waals surface area (Å²) < 4.78 is 34.0. The average Bonchev–Trinajstić information content (AvgIpc) is 3.11. The molecule has 2 aromatic heterocycles. The number of hydrogen-bond donors (Lipinski definition) is 1. The van der Waals surface area contributed by atoms with E-state index in [1.165, 1.54) is 0 Å². The standard InChI is InChI=1S/C19H19ClN4O3S2/c1-10-11(2)28-19-16(10)17(13-4-6-14(20)7-5-13)21-15(8-9-29(25,26)27)18-23-22-12(3)24(18)19/h4-7,15H,8-9H2,1-3H3,(H,25,26,27)/t15-/m1/s1. The summed E-state index contributed by atoms with van der Waals surface area (Å²) in [5.74, 6) is 0.858. The van der Waals surface area contributed by atoms with Crippen LogP contribution in [0.15, 0.2) is 29.3 Å². The molecule has 29 heavy (non-hydrogen) atoms. The van der Waals surface area contributed by atoms with Gasteiger partial charge in [0.05, 0.1) is 11.5 Å². The van der Waals surface area contributed by atoms with Gasteiger partial charge in [0.15, 0.2) is 5.82 Å². The monoisotopic (exact) mass is 450 g/mol. The van der Waals surface area contributed by atoms with E-state index in [1.807, 2.05) is 30.5 Å². The highest BCUT2D eigenvalue weighted by atomic mass is 35.5. The van der Waals surface area contributed by atoms with Crippen LogP contribution in [0.4, 0.5) is 0 Å². The Morgan fingerprint density at radius 1 is 1.17 bits per heavy atom. The van der Waals surface area contributed by atoms with Crippen molar-refractivity contribution < 1.29 is 13.0 Å². The van der Waals surface area contributed by atoms with Gasteiger partial charge >= 0.3 is 0 Å². The molecule has 0 aliphatic carbocycles. The number of benzene rings is 1. The number of rotatable bonds is 4. The van der Waals surface area contributed by atoms with E-state index >= 15 is 0 Å². The van der Waals surface area contributed by atoms with Crippen LogP contribution in [0.25, 0.3) is 5.00 Å². The van der Waals surface area contributed by atoms with E-state index in [9.17, 15) is 13.0 Å². The minimum absolute atomic E-state index is 0.0982. The summed E-state index contributed by atoms with van der Waals surface area (Å²) in [7, 11) is -4.13. The lowest BCUT2D eigenvalue weighted by molar-refractivity contribution is 0.476. The lowest BCUT2D eigenvalue weighted by Crippen LogP contribution is -2.12. The summed E-state index contributed by atoms with van der Waals surface area (Å²) in [6.07, 6.45) is 0.0982. The van der Waals surface area contributed by atoms with Crippen LogP contribution in [-0.2, 0) is 10.1 Å². The molecule has 0 fully saturated rings. The number of aliphatic imine (C=N–C) groups is 1. The highest BCUT2D eigenvalue weighted by Gasteiger charge is 2.31. The van der Waals surface area contributed by atoms with Crippen molar-refractivity contribution in [1.29, 1.82) is 0 Å². The molecule has 152 valence electrons. The third-order valence-electron chi connectivity index (χ3n) is 5.01. The van der Waals surface area contributed by atoms with E-state index in [2.05, 4.69) is 17.1 Å². The van der Waals surface area contributed by atoms with E-state index in [-0.39, 0.29) is 6.42 Å². The lowest BCUT2D eigenvalue weighted by Gasteiger charge is -2.12. The van der Waals surface area contributed by atoms with Crippen LogP contribution in [-0.4, -0.2) is 39.2 Å². The first kappa shape index (κ1) is 20.2. The number of aryl methyl sites for hydroxylation is 2. The minimum atomic E-state index is -4.13. The van der Waals surface area contributed by atoms with Crippen molar-refractivity contribution in [3.8, 4) is 5.00 Å². The average molecular weight is 451 g/mol. The number of thiophene rings is 1. The second kappa shape index (κ2) is 7.32. The van der Waals surface area contributed by atoms with Crippen molar-refractivity contribution in [2.24, 2.45) is 4.99 Å². The first-order valence-corrected chi connectivity index (χ1v) is 11.8. The fourth-order valence-electron chi connectivity index (χ4n) is 3.45. The van der Waals surface area contributed by atoms with Gasteiger partial charge in [0.25, 0.3) is 10.1 Å². The number of aromatic nitrogens is 3. The number of nitrogens with zero attached hydrogens (tertiary/aromatic N) is 4. The maximum atomic E-state index is 11.4. The quantitative estimate of drug-likeness (QED) is 0.604. The summed E-state index contributed by atoms with van der Waals surface area (Å²) in [6.45, 7) is 5.97. The molecule has 1 N–H and O–H groups in total. The normalized spacial score (nSPS) is 16.2. The van der Waals surface area contributed by atoms with E-state index in [0.717, 1.165) is 32.3 Å². The summed E-state index contributed by atoms with van der Waals surface area (Å²) in [5, 5.41) is 10.1. The van der Waals surface area contributed by atoms with Gasteiger partial charge in [0, 0.05) is 21.0 Å². The molecule has 4 rings (SSSR count). The van der Waals surface area contributed by atoms with Gasteiger partial charge in [-0.2, -0.15) is 8.42 Å². The molecule has 0 spiro atoms. The second-order valence-electron chi connectivity index (χ2n) is 6.98. The van der Waals surface area contributed by atoms with E-state index < -0.39 is 21.9 Å². The molecule has 1 atom stereocenters. The molecular weight excluding hydrogens is 432 g/mol. The number of halogens is 1. The van der Waals surface area contributed by atoms with E-state index in [0.29, 0.717) is 16.7 Å². The molecule has 0 bridgehead atoms. The van der Waals surface area contributed by atoms with Gasteiger partial charge in [-0.25, -0.2) is 0 Å². The molecule has 0 saturated heterocycles. The van der Waals surface area contributed by atoms with Gasteiger partial charge in [-0.1, -0.05) is 23.7 Å². The van der Waals surface area contributed by atoms with Gasteiger partial charge in [0.2, 0.25) is 0 Å². The molecule has 1 aliphatic heterocycles. The SMILES string of the molecule is Cc1sc2c(c1C)C(c1ccc(Cl)cc1)=N[C@H](CCS(=O)(=O)O)c1nnc(C)n1-2. The first-order chi connectivity index (χ1) is 13.7. The maximum Gasteiger partial charge on any atom is 0.264 e. The van der Waals surface area contributed by atoms with Gasteiger partial charge in [0.1, 0.15) is 16.9 Å². The Balaban J connectivity index is 1.97. The van der Waals surface area contributed by atoms with Crippen LogP contribution in [0.3, 0.4) is 0 Å². The Morgan fingerprint density at radius 2 is 1.86 bits per heavy atom. The maximum absolute atomic E-state index is 11.4. The molecule has 3 aromatic rings. The van der Waals surface area contributed by atoms with Crippen LogP contribution >= 0.6 is 22.9 Å². The van der Waals surface area contributed by atoms with Crippen LogP contribution in [0.5, 0.6) is 0 Å². The third kappa shape index (κ3) is 3.75. The Bertz CT molecular complexity index is 1230.